The van der Waals surface area contributed by atoms with Crippen LogP contribution in [0.25, 0.3) is 0 Å². The molecule has 10 heteroatoms. The SMILES string of the molecule is C=C(C)CN(C)CC[C@H]1OC(COC(C)=O)[C@H](OC(C)=O)C(OC(C)=O)C1NC(C)=O. The van der Waals surface area contributed by atoms with Gasteiger partial charge in [0.1, 0.15) is 12.7 Å². The smallest absolute Gasteiger partial charge is 0.303 e. The second-order valence-electron chi connectivity index (χ2n) is 7.87. The molecular weight excluding hydrogens is 408 g/mol. The summed E-state index contributed by atoms with van der Waals surface area (Å²) in [5, 5.41) is 2.76. The Morgan fingerprint density at radius 1 is 0.935 bits per heavy atom. The van der Waals surface area contributed by atoms with Crippen molar-refractivity contribution in [1.29, 1.82) is 0 Å². The molecule has 0 radical (unpaired) electrons. The third kappa shape index (κ3) is 9.48. The molecule has 1 N–H and O–H groups in total. The molecule has 0 spiro atoms. The Morgan fingerprint density at radius 3 is 2.00 bits per heavy atom. The van der Waals surface area contributed by atoms with E-state index in [1.165, 1.54) is 27.7 Å². The van der Waals surface area contributed by atoms with E-state index in [4.69, 9.17) is 18.9 Å². The van der Waals surface area contributed by atoms with Gasteiger partial charge < -0.3 is 29.2 Å². The Labute approximate surface area is 183 Å². The lowest BCUT2D eigenvalue weighted by Crippen LogP contribution is -2.66. The topological polar surface area (TPSA) is 120 Å². The monoisotopic (exact) mass is 442 g/mol. The molecule has 1 aliphatic heterocycles. The molecule has 0 bridgehead atoms. The molecule has 1 rings (SSSR count). The number of rotatable bonds is 10. The highest BCUT2D eigenvalue weighted by Gasteiger charge is 2.50. The van der Waals surface area contributed by atoms with Crippen LogP contribution in [0.5, 0.6) is 0 Å². The molecule has 1 heterocycles. The normalized spacial score (nSPS) is 25.5. The van der Waals surface area contributed by atoms with Gasteiger partial charge in [0, 0.05) is 40.8 Å². The molecule has 0 aromatic carbocycles. The standard InChI is InChI=1S/C21H34N2O8/c1-12(2)10-23(7)9-8-17-19(22-13(3)24)21(30-16(6)27)20(29-15(5)26)18(31-17)11-28-14(4)25/h17-21H,1,8-11H2,2-7H3,(H,22,24)/t17-,18?,19?,20+,21?/m1/s1. The summed E-state index contributed by atoms with van der Waals surface area (Å²) in [7, 11) is 1.92. The summed E-state index contributed by atoms with van der Waals surface area (Å²) in [4.78, 5) is 48.8. The molecule has 5 atom stereocenters. The minimum atomic E-state index is -1.07. The van der Waals surface area contributed by atoms with Crippen LogP contribution in [0, 0.1) is 0 Å². The maximum atomic E-state index is 11.9. The number of carbonyl (C=O) groups excluding carboxylic acids is 4. The average Bonchev–Trinajstić information content (AvgIpc) is 2.60. The van der Waals surface area contributed by atoms with Gasteiger partial charge in [0.15, 0.2) is 12.2 Å². The molecule has 31 heavy (non-hydrogen) atoms. The fourth-order valence-electron chi connectivity index (χ4n) is 3.56. The van der Waals surface area contributed by atoms with Crippen molar-refractivity contribution >= 4 is 23.8 Å². The molecule has 1 amide bonds. The van der Waals surface area contributed by atoms with Crippen molar-refractivity contribution in [2.24, 2.45) is 0 Å². The van der Waals surface area contributed by atoms with Crippen molar-refractivity contribution in [2.75, 3.05) is 26.7 Å². The lowest BCUT2D eigenvalue weighted by molar-refractivity contribution is -0.224. The minimum absolute atomic E-state index is 0.198. The number of ether oxygens (including phenoxy) is 4. The summed E-state index contributed by atoms with van der Waals surface area (Å²) in [6, 6.07) is -0.766. The number of hydrogen-bond donors (Lipinski definition) is 1. The summed E-state index contributed by atoms with van der Waals surface area (Å²) < 4.78 is 22.1. The second-order valence-corrected chi connectivity index (χ2v) is 7.87. The average molecular weight is 443 g/mol. The Hall–Kier alpha value is -2.46. The van der Waals surface area contributed by atoms with E-state index in [2.05, 4.69) is 11.9 Å². The van der Waals surface area contributed by atoms with Crippen LogP contribution < -0.4 is 5.32 Å². The highest BCUT2D eigenvalue weighted by molar-refractivity contribution is 5.73. The number of amides is 1. The largest absolute Gasteiger partial charge is 0.463 e. The van der Waals surface area contributed by atoms with Crippen LogP contribution in [0.3, 0.4) is 0 Å². The minimum Gasteiger partial charge on any atom is -0.463 e. The van der Waals surface area contributed by atoms with E-state index < -0.39 is 48.4 Å². The fraction of sp³-hybridized carbons (Fsp3) is 0.714. The third-order valence-electron chi connectivity index (χ3n) is 4.55. The van der Waals surface area contributed by atoms with Crippen molar-refractivity contribution in [1.82, 2.24) is 10.2 Å². The van der Waals surface area contributed by atoms with Crippen LogP contribution in [0.4, 0.5) is 0 Å². The van der Waals surface area contributed by atoms with Gasteiger partial charge in [-0.3, -0.25) is 19.2 Å². The Bertz CT molecular complexity index is 680. The van der Waals surface area contributed by atoms with Gasteiger partial charge in [-0.15, -0.1) is 0 Å². The van der Waals surface area contributed by atoms with Gasteiger partial charge in [0.05, 0.1) is 12.1 Å². The number of carbonyl (C=O) groups is 4. The van der Waals surface area contributed by atoms with Crippen LogP contribution in [0.1, 0.15) is 41.0 Å². The summed E-state index contributed by atoms with van der Waals surface area (Å²) in [6.45, 7) is 11.9. The first-order valence-corrected chi connectivity index (χ1v) is 10.1. The molecule has 0 saturated carbocycles. The first-order valence-electron chi connectivity index (χ1n) is 10.1. The maximum absolute atomic E-state index is 11.9. The number of nitrogens with zero attached hydrogens (tertiary/aromatic N) is 1. The number of esters is 3. The summed E-state index contributed by atoms with van der Waals surface area (Å²) in [5.74, 6) is -2.12. The predicted octanol–water partition coefficient (Wildman–Crippen LogP) is 0.583. The molecule has 0 aromatic heterocycles. The van der Waals surface area contributed by atoms with Crippen LogP contribution in [0.15, 0.2) is 12.2 Å². The lowest BCUT2D eigenvalue weighted by atomic mass is 9.90. The van der Waals surface area contributed by atoms with Gasteiger partial charge in [0.2, 0.25) is 5.91 Å². The second kappa shape index (κ2) is 12.4. The van der Waals surface area contributed by atoms with Gasteiger partial charge >= 0.3 is 17.9 Å². The summed E-state index contributed by atoms with van der Waals surface area (Å²) in [5.41, 5.74) is 0.992. The third-order valence-corrected chi connectivity index (χ3v) is 4.55. The zero-order valence-electron chi connectivity index (χ0n) is 19.1. The molecule has 1 aliphatic rings. The highest BCUT2D eigenvalue weighted by Crippen LogP contribution is 2.29. The van der Waals surface area contributed by atoms with Crippen molar-refractivity contribution in [3.8, 4) is 0 Å². The summed E-state index contributed by atoms with van der Waals surface area (Å²) in [6.07, 6.45) is -3.08. The van der Waals surface area contributed by atoms with E-state index in [9.17, 15) is 19.2 Å². The van der Waals surface area contributed by atoms with Gasteiger partial charge in [-0.2, -0.15) is 0 Å². The van der Waals surface area contributed by atoms with Crippen LogP contribution in [-0.2, 0) is 38.1 Å². The molecule has 176 valence electrons. The first kappa shape index (κ1) is 26.6. The number of nitrogens with one attached hydrogen (secondary N) is 1. The Kier molecular flexibility index (Phi) is 10.6. The fourth-order valence-corrected chi connectivity index (χ4v) is 3.56. The van der Waals surface area contributed by atoms with E-state index in [1.807, 2.05) is 18.9 Å². The van der Waals surface area contributed by atoms with E-state index in [1.54, 1.807) is 0 Å². The van der Waals surface area contributed by atoms with Crippen molar-refractivity contribution < 1.29 is 38.1 Å². The van der Waals surface area contributed by atoms with Crippen LogP contribution >= 0.6 is 0 Å². The Balaban J connectivity index is 3.22. The Morgan fingerprint density at radius 2 is 1.52 bits per heavy atom. The van der Waals surface area contributed by atoms with E-state index in [-0.39, 0.29) is 12.5 Å². The van der Waals surface area contributed by atoms with Crippen molar-refractivity contribution in [2.45, 2.75) is 71.5 Å². The molecule has 0 aromatic rings. The lowest BCUT2D eigenvalue weighted by Gasteiger charge is -2.45. The molecule has 1 fully saturated rings. The molecule has 10 nitrogen and oxygen atoms in total. The van der Waals surface area contributed by atoms with Gasteiger partial charge in [-0.05, 0) is 20.4 Å². The summed E-state index contributed by atoms with van der Waals surface area (Å²) >= 11 is 0. The van der Waals surface area contributed by atoms with Crippen molar-refractivity contribution in [3.05, 3.63) is 12.2 Å². The number of likely N-dealkylation sites (N-methyl/N-ethyl adjacent to an activating group) is 1. The first-order chi connectivity index (χ1) is 14.4. The quantitative estimate of drug-likeness (QED) is 0.294. The van der Waals surface area contributed by atoms with Gasteiger partial charge in [0.25, 0.3) is 0 Å². The molecule has 1 saturated heterocycles. The zero-order valence-corrected chi connectivity index (χ0v) is 19.1. The highest BCUT2D eigenvalue weighted by atomic mass is 16.6. The zero-order chi connectivity index (χ0) is 23.7. The van der Waals surface area contributed by atoms with Crippen molar-refractivity contribution in [3.63, 3.8) is 0 Å². The maximum Gasteiger partial charge on any atom is 0.303 e. The predicted molar refractivity (Wildman–Crippen MR) is 111 cm³/mol. The molecular formula is C21H34N2O8. The molecule has 3 unspecified atom stereocenters. The van der Waals surface area contributed by atoms with E-state index in [0.717, 1.165) is 5.57 Å². The van der Waals surface area contributed by atoms with Gasteiger partial charge in [-0.1, -0.05) is 12.2 Å². The van der Waals surface area contributed by atoms with E-state index >= 15 is 0 Å². The van der Waals surface area contributed by atoms with Crippen LogP contribution in [-0.4, -0.2) is 85.9 Å². The van der Waals surface area contributed by atoms with Gasteiger partial charge in [-0.25, -0.2) is 0 Å². The molecule has 0 aliphatic carbocycles. The van der Waals surface area contributed by atoms with E-state index in [0.29, 0.717) is 19.5 Å². The van der Waals surface area contributed by atoms with Crippen LogP contribution in [0.2, 0.25) is 0 Å². The number of hydrogen-bond acceptors (Lipinski definition) is 9.